The van der Waals surface area contributed by atoms with Crippen molar-refractivity contribution >= 4 is 5.91 Å². The average Bonchev–Trinajstić information content (AvgIpc) is 2.88. The summed E-state index contributed by atoms with van der Waals surface area (Å²) in [5, 5.41) is 3.67. The lowest BCUT2D eigenvalue weighted by Gasteiger charge is -2.29. The number of carbonyl (C=O) groups excluding carboxylic acids is 1. The molecule has 2 aliphatic rings. The smallest absolute Gasteiger partial charge is 0.236 e. The standard InChI is InChI=1S/C18H27N3O/c1-14(15-6-4-3-5-7-15)20(2)18(22)13-21-11-10-16-8-9-17(12-21)19-16/h3-7,14,16-17,19H,8-13H2,1-2H3. The van der Waals surface area contributed by atoms with E-state index in [1.54, 1.807) is 0 Å². The Hall–Kier alpha value is -1.39. The van der Waals surface area contributed by atoms with Crippen LogP contribution in [0.4, 0.5) is 0 Å². The minimum Gasteiger partial charge on any atom is -0.338 e. The molecule has 22 heavy (non-hydrogen) atoms. The van der Waals surface area contributed by atoms with E-state index < -0.39 is 0 Å². The van der Waals surface area contributed by atoms with E-state index in [0.717, 1.165) is 13.1 Å². The van der Waals surface area contributed by atoms with Crippen molar-refractivity contribution in [3.8, 4) is 0 Å². The molecule has 2 heterocycles. The number of fused-ring (bicyclic) bond motifs is 2. The monoisotopic (exact) mass is 301 g/mol. The van der Waals surface area contributed by atoms with E-state index >= 15 is 0 Å². The number of amides is 1. The van der Waals surface area contributed by atoms with Crippen LogP contribution in [-0.2, 0) is 4.79 Å². The lowest BCUT2D eigenvalue weighted by Crippen LogP contribution is -2.43. The van der Waals surface area contributed by atoms with Crippen LogP contribution in [0.1, 0.15) is 37.8 Å². The first-order chi connectivity index (χ1) is 10.6. The van der Waals surface area contributed by atoms with Gasteiger partial charge in [-0.2, -0.15) is 0 Å². The Bertz CT molecular complexity index is 504. The van der Waals surface area contributed by atoms with Gasteiger partial charge in [0.2, 0.25) is 5.91 Å². The van der Waals surface area contributed by atoms with E-state index in [4.69, 9.17) is 0 Å². The minimum atomic E-state index is 0.121. The molecule has 4 nitrogen and oxygen atoms in total. The number of rotatable bonds is 4. The molecule has 2 fully saturated rings. The molecule has 120 valence electrons. The van der Waals surface area contributed by atoms with Crippen molar-refractivity contribution in [1.29, 1.82) is 0 Å². The summed E-state index contributed by atoms with van der Waals surface area (Å²) in [6.45, 7) is 4.68. The van der Waals surface area contributed by atoms with Crippen molar-refractivity contribution in [3.05, 3.63) is 35.9 Å². The average molecular weight is 301 g/mol. The largest absolute Gasteiger partial charge is 0.338 e. The molecular formula is C18H27N3O. The highest BCUT2D eigenvalue weighted by molar-refractivity contribution is 5.78. The van der Waals surface area contributed by atoms with Crippen LogP contribution in [0.15, 0.2) is 30.3 Å². The van der Waals surface area contributed by atoms with Crippen molar-refractivity contribution in [2.45, 2.75) is 44.3 Å². The van der Waals surface area contributed by atoms with E-state index in [2.05, 4.69) is 29.3 Å². The predicted molar refractivity (Wildman–Crippen MR) is 88.6 cm³/mol. The Morgan fingerprint density at radius 2 is 2.00 bits per heavy atom. The van der Waals surface area contributed by atoms with E-state index in [1.807, 2.05) is 30.1 Å². The molecule has 0 radical (unpaired) electrons. The van der Waals surface area contributed by atoms with Crippen molar-refractivity contribution in [3.63, 3.8) is 0 Å². The normalized spacial score (nSPS) is 26.5. The van der Waals surface area contributed by atoms with Gasteiger partial charge in [0.15, 0.2) is 0 Å². The van der Waals surface area contributed by atoms with Crippen LogP contribution in [0.2, 0.25) is 0 Å². The van der Waals surface area contributed by atoms with E-state index in [0.29, 0.717) is 18.6 Å². The van der Waals surface area contributed by atoms with Gasteiger partial charge in [0.25, 0.3) is 0 Å². The van der Waals surface area contributed by atoms with Gasteiger partial charge in [0.05, 0.1) is 12.6 Å². The maximum atomic E-state index is 12.6. The van der Waals surface area contributed by atoms with Crippen LogP contribution in [0, 0.1) is 0 Å². The van der Waals surface area contributed by atoms with Crippen LogP contribution in [0.25, 0.3) is 0 Å². The predicted octanol–water partition coefficient (Wildman–Crippen LogP) is 2.03. The molecule has 2 bridgehead atoms. The molecule has 0 spiro atoms. The van der Waals surface area contributed by atoms with Gasteiger partial charge in [-0.25, -0.2) is 0 Å². The Kier molecular flexibility index (Phi) is 4.79. The molecule has 0 saturated carbocycles. The summed E-state index contributed by atoms with van der Waals surface area (Å²) in [5.41, 5.74) is 1.19. The first-order valence-corrected chi connectivity index (χ1v) is 8.42. The SMILES string of the molecule is CC(c1ccccc1)N(C)C(=O)CN1CCC2CCC(C1)N2. The highest BCUT2D eigenvalue weighted by atomic mass is 16.2. The number of likely N-dealkylation sites (N-methyl/N-ethyl adjacent to an activating group) is 1. The molecule has 2 saturated heterocycles. The van der Waals surface area contributed by atoms with Gasteiger partial charge < -0.3 is 10.2 Å². The number of nitrogens with zero attached hydrogens (tertiary/aromatic N) is 2. The van der Waals surface area contributed by atoms with Crippen LogP contribution in [-0.4, -0.2) is 54.5 Å². The second-order valence-electron chi connectivity index (χ2n) is 6.75. The van der Waals surface area contributed by atoms with E-state index in [9.17, 15) is 4.79 Å². The Morgan fingerprint density at radius 3 is 2.77 bits per heavy atom. The highest BCUT2D eigenvalue weighted by Crippen LogP contribution is 2.21. The number of likely N-dealkylation sites (tertiary alicyclic amines) is 1. The van der Waals surface area contributed by atoms with Crippen molar-refractivity contribution < 1.29 is 4.79 Å². The first kappa shape index (κ1) is 15.5. The first-order valence-electron chi connectivity index (χ1n) is 8.42. The number of nitrogens with one attached hydrogen (secondary N) is 1. The quantitative estimate of drug-likeness (QED) is 0.924. The maximum absolute atomic E-state index is 12.6. The number of hydrogen-bond acceptors (Lipinski definition) is 3. The highest BCUT2D eigenvalue weighted by Gasteiger charge is 2.30. The molecule has 0 aromatic heterocycles. The Morgan fingerprint density at radius 1 is 1.27 bits per heavy atom. The number of carbonyl (C=O) groups is 1. The zero-order chi connectivity index (χ0) is 15.5. The second-order valence-corrected chi connectivity index (χ2v) is 6.75. The van der Waals surface area contributed by atoms with E-state index in [-0.39, 0.29) is 11.9 Å². The molecule has 4 heteroatoms. The molecule has 3 unspecified atom stereocenters. The zero-order valence-corrected chi connectivity index (χ0v) is 13.7. The fourth-order valence-electron chi connectivity index (χ4n) is 3.63. The Balaban J connectivity index is 1.57. The van der Waals surface area contributed by atoms with Gasteiger partial charge in [-0.05, 0) is 31.7 Å². The fraction of sp³-hybridized carbons (Fsp3) is 0.611. The summed E-state index contributed by atoms with van der Waals surface area (Å²) in [6, 6.07) is 11.6. The molecule has 1 aromatic rings. The van der Waals surface area contributed by atoms with Crippen LogP contribution < -0.4 is 5.32 Å². The molecule has 0 aliphatic carbocycles. The summed E-state index contributed by atoms with van der Waals surface area (Å²) in [7, 11) is 1.92. The van der Waals surface area contributed by atoms with E-state index in [1.165, 1.54) is 24.8 Å². The third kappa shape index (κ3) is 3.50. The van der Waals surface area contributed by atoms with Gasteiger partial charge in [0.1, 0.15) is 0 Å². The van der Waals surface area contributed by atoms with Gasteiger partial charge in [-0.3, -0.25) is 9.69 Å². The molecule has 1 aromatic carbocycles. The molecular weight excluding hydrogens is 274 g/mol. The lowest BCUT2D eigenvalue weighted by molar-refractivity contribution is -0.133. The molecule has 3 rings (SSSR count). The van der Waals surface area contributed by atoms with Gasteiger partial charge in [-0.15, -0.1) is 0 Å². The summed E-state index contributed by atoms with van der Waals surface area (Å²) < 4.78 is 0. The van der Waals surface area contributed by atoms with Crippen LogP contribution in [0.3, 0.4) is 0 Å². The van der Waals surface area contributed by atoms with Crippen molar-refractivity contribution in [2.75, 3.05) is 26.7 Å². The van der Waals surface area contributed by atoms with Crippen molar-refractivity contribution in [2.24, 2.45) is 0 Å². The fourth-order valence-corrected chi connectivity index (χ4v) is 3.63. The lowest BCUT2D eigenvalue weighted by atomic mass is 10.1. The van der Waals surface area contributed by atoms with Crippen molar-refractivity contribution in [1.82, 2.24) is 15.1 Å². The zero-order valence-electron chi connectivity index (χ0n) is 13.7. The number of benzene rings is 1. The van der Waals surface area contributed by atoms with Gasteiger partial charge in [-0.1, -0.05) is 30.3 Å². The topological polar surface area (TPSA) is 35.6 Å². The second kappa shape index (κ2) is 6.80. The third-order valence-electron chi connectivity index (χ3n) is 5.22. The molecule has 1 N–H and O–H groups in total. The molecule has 1 amide bonds. The third-order valence-corrected chi connectivity index (χ3v) is 5.22. The van der Waals surface area contributed by atoms with Gasteiger partial charge >= 0.3 is 0 Å². The van der Waals surface area contributed by atoms with Gasteiger partial charge in [0, 0.05) is 32.2 Å². The summed E-state index contributed by atoms with van der Waals surface area (Å²) in [6.07, 6.45) is 3.73. The molecule has 2 aliphatic heterocycles. The summed E-state index contributed by atoms with van der Waals surface area (Å²) in [5.74, 6) is 0.217. The Labute approximate surface area is 133 Å². The van der Waals surface area contributed by atoms with Crippen LogP contribution >= 0.6 is 0 Å². The summed E-state index contributed by atoms with van der Waals surface area (Å²) >= 11 is 0. The van der Waals surface area contributed by atoms with Crippen LogP contribution in [0.5, 0.6) is 0 Å². The number of hydrogen-bond donors (Lipinski definition) is 1. The molecule has 3 atom stereocenters. The maximum Gasteiger partial charge on any atom is 0.236 e. The minimum absolute atomic E-state index is 0.121. The summed E-state index contributed by atoms with van der Waals surface area (Å²) in [4.78, 5) is 16.8.